The molecule has 2 N–H and O–H groups in total. The SMILES string of the molecule is CC1=C(CC(=O)NCc2ccccc2)c2ccc(F)cc2C1=C1C=CNC=C1.Cl. The van der Waals surface area contributed by atoms with Gasteiger partial charge < -0.3 is 10.6 Å². The van der Waals surface area contributed by atoms with Crippen molar-refractivity contribution in [3.05, 3.63) is 107 Å². The molecule has 0 saturated carbocycles. The Balaban J connectivity index is 0.00000240. The minimum absolute atomic E-state index is 0. The predicted octanol–water partition coefficient (Wildman–Crippen LogP) is 5.13. The van der Waals surface area contributed by atoms with Crippen molar-refractivity contribution < 1.29 is 9.18 Å². The first-order valence-corrected chi connectivity index (χ1v) is 9.28. The van der Waals surface area contributed by atoms with Gasteiger partial charge in [0.2, 0.25) is 5.91 Å². The molecule has 1 heterocycles. The molecule has 2 aliphatic rings. The Labute approximate surface area is 176 Å². The molecule has 1 amide bonds. The topological polar surface area (TPSA) is 41.1 Å². The van der Waals surface area contributed by atoms with E-state index in [9.17, 15) is 9.18 Å². The molecule has 0 saturated heterocycles. The van der Waals surface area contributed by atoms with Crippen LogP contribution in [-0.2, 0) is 11.3 Å². The van der Waals surface area contributed by atoms with Crippen LogP contribution in [0.15, 0.2) is 84.2 Å². The average molecular weight is 409 g/mol. The normalized spacial score (nSPS) is 14.4. The van der Waals surface area contributed by atoms with E-state index >= 15 is 0 Å². The fraction of sp³-hybridized carbons (Fsp3) is 0.125. The second-order valence-electron chi connectivity index (χ2n) is 6.90. The number of fused-ring (bicyclic) bond motifs is 1. The quantitative estimate of drug-likeness (QED) is 0.736. The second kappa shape index (κ2) is 8.93. The third kappa shape index (κ3) is 4.33. The summed E-state index contributed by atoms with van der Waals surface area (Å²) < 4.78 is 14.0. The van der Waals surface area contributed by atoms with E-state index in [4.69, 9.17) is 0 Å². The standard InChI is InChI=1S/C24H21FN2O.ClH/c1-16-21(14-23(28)27-15-17-5-3-2-4-6-17)20-8-7-19(25)13-22(20)24(16)18-9-11-26-12-10-18;/h2-13,26H,14-15H2,1H3,(H,27,28);1H. The lowest BCUT2D eigenvalue weighted by Crippen LogP contribution is -2.22. The summed E-state index contributed by atoms with van der Waals surface area (Å²) in [4.78, 5) is 12.6. The Morgan fingerprint density at radius 2 is 1.76 bits per heavy atom. The van der Waals surface area contributed by atoms with Crippen molar-refractivity contribution in [2.24, 2.45) is 0 Å². The zero-order valence-corrected chi connectivity index (χ0v) is 16.9. The lowest BCUT2D eigenvalue weighted by Gasteiger charge is -2.10. The molecule has 0 spiro atoms. The first-order valence-electron chi connectivity index (χ1n) is 9.28. The summed E-state index contributed by atoms with van der Waals surface area (Å²) in [6.07, 6.45) is 7.88. The van der Waals surface area contributed by atoms with Crippen LogP contribution >= 0.6 is 12.4 Å². The Morgan fingerprint density at radius 1 is 1.03 bits per heavy atom. The van der Waals surface area contributed by atoms with Gasteiger partial charge in [-0.05, 0) is 70.2 Å². The Hall–Kier alpha value is -3.11. The van der Waals surface area contributed by atoms with Crippen molar-refractivity contribution in [3.8, 4) is 0 Å². The number of halogens is 2. The lowest BCUT2D eigenvalue weighted by atomic mass is 9.96. The Bertz CT molecular complexity index is 1040. The van der Waals surface area contributed by atoms with Crippen molar-refractivity contribution in [1.82, 2.24) is 10.6 Å². The Kier molecular flexibility index (Phi) is 6.35. The van der Waals surface area contributed by atoms with E-state index in [2.05, 4.69) is 10.6 Å². The summed E-state index contributed by atoms with van der Waals surface area (Å²) in [5.41, 5.74) is 6.77. The molecule has 0 radical (unpaired) electrons. The summed E-state index contributed by atoms with van der Waals surface area (Å²) in [6.45, 7) is 2.50. The van der Waals surface area contributed by atoms with Gasteiger partial charge in [-0.25, -0.2) is 4.39 Å². The highest BCUT2D eigenvalue weighted by atomic mass is 35.5. The van der Waals surface area contributed by atoms with Gasteiger partial charge in [0.05, 0.1) is 6.42 Å². The maximum atomic E-state index is 14.0. The maximum absolute atomic E-state index is 14.0. The van der Waals surface area contributed by atoms with Crippen molar-refractivity contribution in [1.29, 1.82) is 0 Å². The number of hydrogen-bond acceptors (Lipinski definition) is 2. The molecule has 5 heteroatoms. The van der Waals surface area contributed by atoms with Crippen LogP contribution in [0.3, 0.4) is 0 Å². The molecule has 0 unspecified atom stereocenters. The van der Waals surface area contributed by atoms with Crippen LogP contribution in [0, 0.1) is 5.82 Å². The number of rotatable bonds is 4. The van der Waals surface area contributed by atoms with Crippen LogP contribution in [-0.4, -0.2) is 5.91 Å². The molecule has 0 atom stereocenters. The van der Waals surface area contributed by atoms with E-state index in [1.165, 1.54) is 6.07 Å². The zero-order chi connectivity index (χ0) is 19.5. The molecule has 2 aromatic rings. The third-order valence-electron chi connectivity index (χ3n) is 5.08. The number of allylic oxidation sites excluding steroid dienone is 5. The van der Waals surface area contributed by atoms with Gasteiger partial charge in [0.15, 0.2) is 0 Å². The molecular formula is C24H22ClFN2O. The van der Waals surface area contributed by atoms with Gasteiger partial charge in [0.1, 0.15) is 5.82 Å². The van der Waals surface area contributed by atoms with Crippen molar-refractivity contribution >= 4 is 29.5 Å². The molecule has 0 fully saturated rings. The average Bonchev–Trinajstić information content (AvgIpc) is 2.98. The van der Waals surface area contributed by atoms with Crippen LogP contribution in [0.5, 0.6) is 0 Å². The van der Waals surface area contributed by atoms with Crippen molar-refractivity contribution in [3.63, 3.8) is 0 Å². The fourth-order valence-corrected chi connectivity index (χ4v) is 3.71. The van der Waals surface area contributed by atoms with Gasteiger partial charge in [-0.2, -0.15) is 0 Å². The lowest BCUT2D eigenvalue weighted by molar-refractivity contribution is -0.120. The van der Waals surface area contributed by atoms with Gasteiger partial charge in [-0.1, -0.05) is 36.4 Å². The largest absolute Gasteiger partial charge is 0.368 e. The van der Waals surface area contributed by atoms with E-state index in [1.54, 1.807) is 12.1 Å². The number of benzene rings is 2. The van der Waals surface area contributed by atoms with Crippen LogP contribution in [0.2, 0.25) is 0 Å². The number of hydrogen-bond donors (Lipinski definition) is 2. The number of amides is 1. The van der Waals surface area contributed by atoms with Crippen LogP contribution in [0.1, 0.15) is 30.0 Å². The summed E-state index contributed by atoms with van der Waals surface area (Å²) >= 11 is 0. The first-order chi connectivity index (χ1) is 13.6. The zero-order valence-electron chi connectivity index (χ0n) is 16.0. The molecule has 148 valence electrons. The van der Waals surface area contributed by atoms with Crippen LogP contribution < -0.4 is 10.6 Å². The number of carbonyl (C=O) groups is 1. The number of carbonyl (C=O) groups excluding carboxylic acids is 1. The van der Waals surface area contributed by atoms with Crippen molar-refractivity contribution in [2.45, 2.75) is 19.9 Å². The van der Waals surface area contributed by atoms with E-state index in [0.717, 1.165) is 39.0 Å². The highest BCUT2D eigenvalue weighted by Gasteiger charge is 2.27. The summed E-state index contributed by atoms with van der Waals surface area (Å²) in [6, 6.07) is 14.6. The summed E-state index contributed by atoms with van der Waals surface area (Å²) in [5.74, 6) is -0.322. The van der Waals surface area contributed by atoms with E-state index < -0.39 is 0 Å². The van der Waals surface area contributed by atoms with E-state index in [1.807, 2.05) is 61.8 Å². The molecule has 0 aromatic heterocycles. The van der Waals surface area contributed by atoms with Crippen LogP contribution in [0.25, 0.3) is 11.1 Å². The minimum Gasteiger partial charge on any atom is -0.368 e. The van der Waals surface area contributed by atoms with Crippen LogP contribution in [0.4, 0.5) is 4.39 Å². The maximum Gasteiger partial charge on any atom is 0.224 e. The Morgan fingerprint density at radius 3 is 2.48 bits per heavy atom. The van der Waals surface area contributed by atoms with Crippen molar-refractivity contribution in [2.75, 3.05) is 0 Å². The molecule has 1 aliphatic carbocycles. The fourth-order valence-electron chi connectivity index (χ4n) is 3.71. The molecule has 2 aromatic carbocycles. The highest BCUT2D eigenvalue weighted by Crippen LogP contribution is 2.45. The number of nitrogens with one attached hydrogen (secondary N) is 2. The summed E-state index contributed by atoms with van der Waals surface area (Å²) in [7, 11) is 0. The molecule has 0 bridgehead atoms. The van der Waals surface area contributed by atoms with Gasteiger partial charge in [0, 0.05) is 18.9 Å². The third-order valence-corrected chi connectivity index (χ3v) is 5.08. The molecule has 29 heavy (non-hydrogen) atoms. The smallest absolute Gasteiger partial charge is 0.224 e. The minimum atomic E-state index is -0.277. The first kappa shape index (κ1) is 20.6. The van der Waals surface area contributed by atoms with Gasteiger partial charge in [0.25, 0.3) is 0 Å². The second-order valence-corrected chi connectivity index (χ2v) is 6.90. The molecule has 3 nitrogen and oxygen atoms in total. The van der Waals surface area contributed by atoms with E-state index in [-0.39, 0.29) is 30.6 Å². The molecule has 1 aliphatic heterocycles. The monoisotopic (exact) mass is 408 g/mol. The van der Waals surface area contributed by atoms with Gasteiger partial charge in [-0.15, -0.1) is 12.4 Å². The molecule has 4 rings (SSSR count). The molecular weight excluding hydrogens is 387 g/mol. The van der Waals surface area contributed by atoms with Gasteiger partial charge >= 0.3 is 0 Å². The van der Waals surface area contributed by atoms with E-state index in [0.29, 0.717) is 6.54 Å². The predicted molar refractivity (Wildman–Crippen MR) is 117 cm³/mol. The summed E-state index contributed by atoms with van der Waals surface area (Å²) in [5, 5.41) is 6.00. The number of dihydropyridines is 1. The highest BCUT2D eigenvalue weighted by molar-refractivity contribution is 6.05. The van der Waals surface area contributed by atoms with Gasteiger partial charge in [-0.3, -0.25) is 4.79 Å².